The molecule has 0 aliphatic heterocycles. The Morgan fingerprint density at radius 3 is 2.58 bits per heavy atom. The summed E-state index contributed by atoms with van der Waals surface area (Å²) in [5.41, 5.74) is 0.0706. The third-order valence-corrected chi connectivity index (χ3v) is 2.49. The molecule has 0 radical (unpaired) electrons. The number of halogens is 4. The van der Waals surface area contributed by atoms with E-state index in [0.717, 1.165) is 12.3 Å². The van der Waals surface area contributed by atoms with Crippen molar-refractivity contribution in [1.29, 1.82) is 0 Å². The third kappa shape index (κ3) is 6.77. The predicted octanol–water partition coefficient (Wildman–Crippen LogP) is 1.19. The molecule has 0 spiro atoms. The lowest BCUT2D eigenvalue weighted by molar-refractivity contribution is -0.148. The van der Waals surface area contributed by atoms with Crippen LogP contribution >= 0.6 is 0 Å². The van der Waals surface area contributed by atoms with E-state index < -0.39 is 37.4 Å². The summed E-state index contributed by atoms with van der Waals surface area (Å²) in [5, 5.41) is 10.7. The highest BCUT2D eigenvalue weighted by Gasteiger charge is 2.41. The topological polar surface area (TPSA) is 97.8 Å². The Kier molecular flexibility index (Phi) is 7.36. The molecule has 24 heavy (non-hydrogen) atoms. The van der Waals surface area contributed by atoms with E-state index in [4.69, 9.17) is 9.84 Å². The lowest BCUT2D eigenvalue weighted by Crippen LogP contribution is -2.34. The predicted molar refractivity (Wildman–Crippen MR) is 71.5 cm³/mol. The van der Waals surface area contributed by atoms with Gasteiger partial charge in [0.2, 0.25) is 5.88 Å². The van der Waals surface area contributed by atoms with Crippen molar-refractivity contribution < 1.29 is 41.7 Å². The summed E-state index contributed by atoms with van der Waals surface area (Å²) in [5.74, 6) is -6.34. The van der Waals surface area contributed by atoms with Crippen LogP contribution in [0.4, 0.5) is 17.6 Å². The minimum absolute atomic E-state index is 0.0185. The Hall–Kier alpha value is -2.43. The van der Waals surface area contributed by atoms with E-state index in [9.17, 15) is 27.2 Å². The van der Waals surface area contributed by atoms with Crippen LogP contribution in [-0.4, -0.2) is 60.7 Å². The van der Waals surface area contributed by atoms with Gasteiger partial charge in [-0.05, 0) is 6.07 Å². The first kappa shape index (κ1) is 19.6. The third-order valence-electron chi connectivity index (χ3n) is 2.49. The Bertz CT molecular complexity index is 554. The van der Waals surface area contributed by atoms with Gasteiger partial charge in [0.05, 0.1) is 12.2 Å². The first-order valence-electron chi connectivity index (χ1n) is 6.55. The fourth-order valence-electron chi connectivity index (χ4n) is 1.33. The molecule has 0 saturated carbocycles. The molecular formula is C13H14F4N2O5. The number of carboxylic acids is 1. The number of ether oxygens (including phenoxy) is 2. The second-order valence-electron chi connectivity index (χ2n) is 4.44. The zero-order chi connectivity index (χ0) is 18.2. The van der Waals surface area contributed by atoms with Gasteiger partial charge < -0.3 is 19.9 Å². The van der Waals surface area contributed by atoms with Crippen molar-refractivity contribution in [2.45, 2.75) is 12.3 Å². The molecule has 0 aromatic carbocycles. The quantitative estimate of drug-likeness (QED) is 0.484. The number of hydrogen-bond donors (Lipinski definition) is 2. The average Bonchev–Trinajstić information content (AvgIpc) is 2.52. The number of aromatic nitrogens is 1. The molecule has 0 atom stereocenters. The van der Waals surface area contributed by atoms with Crippen molar-refractivity contribution in [2.24, 2.45) is 0 Å². The van der Waals surface area contributed by atoms with Gasteiger partial charge in [0.1, 0.15) is 6.61 Å². The highest BCUT2D eigenvalue weighted by atomic mass is 19.3. The van der Waals surface area contributed by atoms with Crippen LogP contribution in [0.15, 0.2) is 18.3 Å². The highest BCUT2D eigenvalue weighted by molar-refractivity contribution is 5.93. The Balaban J connectivity index is 2.40. The fourth-order valence-corrected chi connectivity index (χ4v) is 1.33. The zero-order valence-corrected chi connectivity index (χ0v) is 12.2. The lowest BCUT2D eigenvalue weighted by Gasteiger charge is -2.15. The molecule has 0 bridgehead atoms. The first-order chi connectivity index (χ1) is 11.2. The maximum atomic E-state index is 12.7. The number of rotatable bonds is 10. The number of amides is 1. The van der Waals surface area contributed by atoms with Crippen molar-refractivity contribution in [3.8, 4) is 5.88 Å². The normalized spacial score (nSPS) is 11.4. The minimum Gasteiger partial charge on any atom is -0.480 e. The van der Waals surface area contributed by atoms with Crippen molar-refractivity contribution in [3.63, 3.8) is 0 Å². The van der Waals surface area contributed by atoms with E-state index >= 15 is 0 Å². The number of carboxylic acid groups (broad SMARTS) is 1. The van der Waals surface area contributed by atoms with Gasteiger partial charge in [0.25, 0.3) is 5.91 Å². The number of aliphatic carboxylic acids is 1. The van der Waals surface area contributed by atoms with Crippen molar-refractivity contribution >= 4 is 11.9 Å². The van der Waals surface area contributed by atoms with E-state index in [1.54, 1.807) is 0 Å². The van der Waals surface area contributed by atoms with Gasteiger partial charge in [-0.1, -0.05) is 0 Å². The molecule has 0 aliphatic rings. The number of nitrogens with one attached hydrogen (secondary N) is 1. The SMILES string of the molecule is O=C(O)COCCNC(=O)c1ccc(OCC(F)(F)C(F)F)nc1. The lowest BCUT2D eigenvalue weighted by atomic mass is 10.2. The molecule has 1 heterocycles. The monoisotopic (exact) mass is 354 g/mol. The molecule has 7 nitrogen and oxygen atoms in total. The average molecular weight is 354 g/mol. The summed E-state index contributed by atoms with van der Waals surface area (Å²) >= 11 is 0. The molecule has 1 aromatic heterocycles. The number of carbonyl (C=O) groups excluding carboxylic acids is 1. The summed E-state index contributed by atoms with van der Waals surface area (Å²) in [4.78, 5) is 25.4. The standard InChI is InChI=1S/C13H14F4N2O5/c14-12(15)13(16,17)7-24-9-2-1-8(5-19-9)11(22)18-3-4-23-6-10(20)21/h1-2,5,12H,3-4,6-7H2,(H,18,22)(H,20,21). The van der Waals surface area contributed by atoms with Gasteiger partial charge in [-0.3, -0.25) is 4.79 Å². The molecule has 2 N–H and O–H groups in total. The van der Waals surface area contributed by atoms with E-state index in [1.807, 2.05) is 0 Å². The van der Waals surface area contributed by atoms with Gasteiger partial charge >= 0.3 is 18.3 Å². The number of alkyl halides is 4. The van der Waals surface area contributed by atoms with Crippen LogP contribution in [0.5, 0.6) is 5.88 Å². The van der Waals surface area contributed by atoms with Crippen molar-refractivity contribution in [2.75, 3.05) is 26.4 Å². The van der Waals surface area contributed by atoms with Crippen molar-refractivity contribution in [1.82, 2.24) is 10.3 Å². The van der Waals surface area contributed by atoms with Gasteiger partial charge in [-0.25, -0.2) is 18.6 Å². The Labute approximate surface area is 133 Å². The zero-order valence-electron chi connectivity index (χ0n) is 12.2. The van der Waals surface area contributed by atoms with Gasteiger partial charge in [-0.2, -0.15) is 8.78 Å². The maximum absolute atomic E-state index is 12.7. The second kappa shape index (κ2) is 9.01. The Morgan fingerprint density at radius 2 is 2.04 bits per heavy atom. The van der Waals surface area contributed by atoms with Gasteiger partial charge in [0.15, 0.2) is 6.61 Å². The molecule has 134 valence electrons. The van der Waals surface area contributed by atoms with Crippen LogP contribution in [0.25, 0.3) is 0 Å². The van der Waals surface area contributed by atoms with E-state index in [1.165, 1.54) is 6.07 Å². The molecule has 0 saturated heterocycles. The number of pyridine rings is 1. The summed E-state index contributed by atoms with van der Waals surface area (Å²) in [6, 6.07) is 2.29. The van der Waals surface area contributed by atoms with Crippen LogP contribution in [-0.2, 0) is 9.53 Å². The van der Waals surface area contributed by atoms with E-state index in [0.29, 0.717) is 0 Å². The maximum Gasteiger partial charge on any atom is 0.340 e. The first-order valence-corrected chi connectivity index (χ1v) is 6.55. The molecular weight excluding hydrogens is 340 g/mol. The van der Waals surface area contributed by atoms with Gasteiger partial charge in [0, 0.05) is 18.8 Å². The smallest absolute Gasteiger partial charge is 0.340 e. The van der Waals surface area contributed by atoms with Crippen LogP contribution in [0.3, 0.4) is 0 Å². The van der Waals surface area contributed by atoms with E-state index in [2.05, 4.69) is 15.0 Å². The minimum atomic E-state index is -4.30. The number of hydrogen-bond acceptors (Lipinski definition) is 5. The molecule has 1 rings (SSSR count). The largest absolute Gasteiger partial charge is 0.480 e. The van der Waals surface area contributed by atoms with Gasteiger partial charge in [-0.15, -0.1) is 0 Å². The molecule has 1 aromatic rings. The van der Waals surface area contributed by atoms with Crippen LogP contribution in [0, 0.1) is 0 Å². The molecule has 11 heteroatoms. The molecule has 0 fully saturated rings. The van der Waals surface area contributed by atoms with E-state index in [-0.39, 0.29) is 24.6 Å². The number of nitrogens with zero attached hydrogens (tertiary/aromatic N) is 1. The molecule has 0 unspecified atom stereocenters. The summed E-state index contributed by atoms with van der Waals surface area (Å²) in [7, 11) is 0. The highest BCUT2D eigenvalue weighted by Crippen LogP contribution is 2.23. The molecule has 1 amide bonds. The summed E-state index contributed by atoms with van der Waals surface area (Å²) in [6.45, 7) is -2.00. The second-order valence-corrected chi connectivity index (χ2v) is 4.44. The Morgan fingerprint density at radius 1 is 1.33 bits per heavy atom. The molecule has 0 aliphatic carbocycles. The fraction of sp³-hybridized carbons (Fsp3) is 0.462. The van der Waals surface area contributed by atoms with Crippen molar-refractivity contribution in [3.05, 3.63) is 23.9 Å². The van der Waals surface area contributed by atoms with Crippen LogP contribution < -0.4 is 10.1 Å². The number of carbonyl (C=O) groups is 2. The summed E-state index contributed by atoms with van der Waals surface area (Å²) < 4.78 is 58.4. The summed E-state index contributed by atoms with van der Waals surface area (Å²) in [6.07, 6.45) is -2.84. The van der Waals surface area contributed by atoms with Crippen LogP contribution in [0.2, 0.25) is 0 Å². The van der Waals surface area contributed by atoms with Crippen LogP contribution in [0.1, 0.15) is 10.4 Å².